The maximum absolute atomic E-state index is 13.2. The summed E-state index contributed by atoms with van der Waals surface area (Å²) >= 11 is 0. The largest absolute Gasteiger partial charge is 0.497 e. The van der Waals surface area contributed by atoms with Gasteiger partial charge in [-0.2, -0.15) is 0 Å². The number of nitrogens with zero attached hydrogens (tertiary/aromatic N) is 1. The van der Waals surface area contributed by atoms with E-state index in [0.717, 1.165) is 34.5 Å². The third kappa shape index (κ3) is 6.70. The van der Waals surface area contributed by atoms with Crippen LogP contribution < -0.4 is 15.4 Å². The van der Waals surface area contributed by atoms with E-state index in [1.54, 1.807) is 7.11 Å². The highest BCUT2D eigenvalue weighted by Crippen LogP contribution is 2.25. The summed E-state index contributed by atoms with van der Waals surface area (Å²) in [5, 5.41) is 6.44. The number of benzene rings is 3. The van der Waals surface area contributed by atoms with Crippen LogP contribution in [0.1, 0.15) is 24.5 Å². The van der Waals surface area contributed by atoms with Crippen LogP contribution in [-0.2, 0) is 22.6 Å². The van der Waals surface area contributed by atoms with E-state index in [1.165, 1.54) is 6.92 Å². The molecule has 0 unspecified atom stereocenters. The molecule has 3 aromatic rings. The molecule has 1 heterocycles. The predicted molar refractivity (Wildman–Crippen MR) is 138 cm³/mol. The fourth-order valence-electron chi connectivity index (χ4n) is 4.67. The van der Waals surface area contributed by atoms with Crippen LogP contribution in [0, 0.1) is 0 Å². The maximum Gasteiger partial charge on any atom is 0.240 e. The number of amides is 2. The van der Waals surface area contributed by atoms with Crippen LogP contribution in [0.4, 0.5) is 0 Å². The van der Waals surface area contributed by atoms with Gasteiger partial charge in [-0.05, 0) is 47.2 Å². The lowest BCUT2D eigenvalue weighted by molar-refractivity contribution is -0.137. The lowest BCUT2D eigenvalue weighted by Gasteiger charge is -2.35. The minimum absolute atomic E-state index is 0.0839. The summed E-state index contributed by atoms with van der Waals surface area (Å²) in [6, 6.07) is 25.8. The summed E-state index contributed by atoms with van der Waals surface area (Å²) in [6.45, 7) is 3.54. The van der Waals surface area contributed by atoms with E-state index in [4.69, 9.17) is 4.74 Å². The van der Waals surface area contributed by atoms with Gasteiger partial charge in [0.05, 0.1) is 13.2 Å². The van der Waals surface area contributed by atoms with Gasteiger partial charge in [0.2, 0.25) is 11.8 Å². The highest BCUT2D eigenvalue weighted by molar-refractivity contribution is 5.83. The van der Waals surface area contributed by atoms with Gasteiger partial charge in [-0.15, -0.1) is 0 Å². The van der Waals surface area contributed by atoms with Crippen LogP contribution in [-0.4, -0.2) is 49.0 Å². The lowest BCUT2D eigenvalue weighted by atomic mass is 9.95. The molecule has 0 aromatic heterocycles. The van der Waals surface area contributed by atoms with Crippen LogP contribution in [0.25, 0.3) is 11.1 Å². The van der Waals surface area contributed by atoms with Gasteiger partial charge in [0, 0.05) is 32.6 Å². The van der Waals surface area contributed by atoms with E-state index in [-0.39, 0.29) is 23.9 Å². The number of carbonyl (C=O) groups is 2. The highest BCUT2D eigenvalue weighted by atomic mass is 16.5. The van der Waals surface area contributed by atoms with Crippen LogP contribution in [0.5, 0.6) is 5.75 Å². The van der Waals surface area contributed by atoms with Crippen LogP contribution in [0.3, 0.4) is 0 Å². The quantitative estimate of drug-likeness (QED) is 0.498. The molecular weight excluding hydrogens is 438 g/mol. The molecule has 0 bridgehead atoms. The van der Waals surface area contributed by atoms with Crippen LogP contribution in [0.15, 0.2) is 78.9 Å². The predicted octanol–water partition coefficient (Wildman–Crippen LogP) is 3.80. The van der Waals surface area contributed by atoms with Gasteiger partial charge in [0.15, 0.2) is 0 Å². The number of nitrogens with one attached hydrogen (secondary N) is 2. The average molecular weight is 472 g/mol. The van der Waals surface area contributed by atoms with E-state index >= 15 is 0 Å². The highest BCUT2D eigenvalue weighted by Gasteiger charge is 2.30. The summed E-state index contributed by atoms with van der Waals surface area (Å²) in [7, 11) is 1.66. The van der Waals surface area contributed by atoms with Gasteiger partial charge < -0.3 is 20.3 Å². The fraction of sp³-hybridized carbons (Fsp3) is 0.310. The topological polar surface area (TPSA) is 70.7 Å². The maximum atomic E-state index is 13.2. The Morgan fingerprint density at radius 2 is 1.74 bits per heavy atom. The van der Waals surface area contributed by atoms with Crippen molar-refractivity contribution in [2.45, 2.75) is 38.4 Å². The van der Waals surface area contributed by atoms with E-state index in [2.05, 4.69) is 34.9 Å². The molecule has 0 aliphatic carbocycles. The van der Waals surface area contributed by atoms with E-state index < -0.39 is 0 Å². The first kappa shape index (κ1) is 24.5. The summed E-state index contributed by atoms with van der Waals surface area (Å²) in [5.74, 6) is 0.801. The first-order chi connectivity index (χ1) is 17.0. The Kier molecular flexibility index (Phi) is 8.16. The molecule has 3 aromatic carbocycles. The Labute approximate surface area is 207 Å². The molecule has 1 fully saturated rings. The Balaban J connectivity index is 1.46. The number of carbonyl (C=O) groups excluding carboxylic acids is 2. The zero-order chi connectivity index (χ0) is 24.6. The van der Waals surface area contributed by atoms with Crippen molar-refractivity contribution in [2.75, 3.05) is 20.2 Å². The second-order valence-corrected chi connectivity index (χ2v) is 9.02. The summed E-state index contributed by atoms with van der Waals surface area (Å²) in [5.41, 5.74) is 4.38. The van der Waals surface area contributed by atoms with Crippen molar-refractivity contribution in [3.05, 3.63) is 90.0 Å². The molecule has 35 heavy (non-hydrogen) atoms. The molecule has 1 aliphatic heterocycles. The van der Waals surface area contributed by atoms with Crippen molar-refractivity contribution in [1.82, 2.24) is 15.5 Å². The van der Waals surface area contributed by atoms with Gasteiger partial charge in [-0.3, -0.25) is 9.59 Å². The molecule has 6 heteroatoms. The van der Waals surface area contributed by atoms with Crippen LogP contribution in [0.2, 0.25) is 0 Å². The Morgan fingerprint density at radius 3 is 2.49 bits per heavy atom. The van der Waals surface area contributed by atoms with Gasteiger partial charge in [0.1, 0.15) is 5.75 Å². The van der Waals surface area contributed by atoms with Crippen molar-refractivity contribution in [3.63, 3.8) is 0 Å². The first-order valence-electron chi connectivity index (χ1n) is 12.1. The number of ether oxygens (including phenoxy) is 1. The second kappa shape index (κ2) is 11.7. The smallest absolute Gasteiger partial charge is 0.240 e. The number of hydrogen-bond donors (Lipinski definition) is 2. The SMILES string of the molecule is COc1cccc(-c2cccc(C[C@@H](C[C@@H]3NCCN(Cc4ccccc4)C3=O)NC(C)=O)c2)c1. The minimum Gasteiger partial charge on any atom is -0.497 e. The zero-order valence-corrected chi connectivity index (χ0v) is 20.4. The number of piperazine rings is 1. The van der Waals surface area contributed by atoms with Crippen molar-refractivity contribution in [2.24, 2.45) is 0 Å². The zero-order valence-electron chi connectivity index (χ0n) is 20.4. The normalized spacial score (nSPS) is 16.6. The molecule has 2 atom stereocenters. The van der Waals surface area contributed by atoms with Gasteiger partial charge in [-0.25, -0.2) is 0 Å². The molecule has 182 valence electrons. The van der Waals surface area contributed by atoms with Crippen molar-refractivity contribution >= 4 is 11.8 Å². The first-order valence-corrected chi connectivity index (χ1v) is 12.1. The molecule has 1 aliphatic rings. The van der Waals surface area contributed by atoms with Crippen molar-refractivity contribution < 1.29 is 14.3 Å². The van der Waals surface area contributed by atoms with Crippen molar-refractivity contribution in [1.29, 1.82) is 0 Å². The van der Waals surface area contributed by atoms with E-state index in [0.29, 0.717) is 25.9 Å². The molecular formula is C29H33N3O3. The fourth-order valence-corrected chi connectivity index (χ4v) is 4.67. The van der Waals surface area contributed by atoms with E-state index in [9.17, 15) is 9.59 Å². The average Bonchev–Trinajstić information content (AvgIpc) is 2.87. The molecule has 0 saturated carbocycles. The summed E-state index contributed by atoms with van der Waals surface area (Å²) in [4.78, 5) is 27.1. The standard InChI is InChI=1S/C29H33N3O3/c1-21(33)31-26(17-23-10-6-11-24(16-23)25-12-7-13-27(18-25)35-2)19-28-29(34)32(15-14-30-28)20-22-8-4-3-5-9-22/h3-13,16,18,26,28,30H,14-15,17,19-20H2,1-2H3,(H,31,33)/t26-,28-/m0/s1. The third-order valence-corrected chi connectivity index (χ3v) is 6.34. The Hall–Kier alpha value is -3.64. The Bertz CT molecular complexity index is 1150. The summed E-state index contributed by atoms with van der Waals surface area (Å²) < 4.78 is 5.37. The molecule has 6 nitrogen and oxygen atoms in total. The van der Waals surface area contributed by atoms with E-state index in [1.807, 2.05) is 59.5 Å². The third-order valence-electron chi connectivity index (χ3n) is 6.34. The monoisotopic (exact) mass is 471 g/mol. The van der Waals surface area contributed by atoms with Gasteiger partial charge in [0.25, 0.3) is 0 Å². The number of methoxy groups -OCH3 is 1. The van der Waals surface area contributed by atoms with Gasteiger partial charge >= 0.3 is 0 Å². The number of rotatable bonds is 9. The minimum atomic E-state index is -0.328. The molecule has 1 saturated heterocycles. The Morgan fingerprint density at radius 1 is 1.03 bits per heavy atom. The molecule has 4 rings (SSSR count). The summed E-state index contributed by atoms with van der Waals surface area (Å²) in [6.07, 6.45) is 1.18. The van der Waals surface area contributed by atoms with Crippen molar-refractivity contribution in [3.8, 4) is 16.9 Å². The lowest BCUT2D eigenvalue weighted by Crippen LogP contribution is -2.56. The molecule has 2 N–H and O–H groups in total. The molecule has 0 spiro atoms. The molecule has 2 amide bonds. The van der Waals surface area contributed by atoms with Gasteiger partial charge in [-0.1, -0.05) is 66.7 Å². The molecule has 0 radical (unpaired) electrons. The number of hydrogen-bond acceptors (Lipinski definition) is 4. The van der Waals surface area contributed by atoms with Crippen LogP contribution >= 0.6 is 0 Å². The second-order valence-electron chi connectivity index (χ2n) is 9.02.